The fourth-order valence-electron chi connectivity index (χ4n) is 2.68. The van der Waals surface area contributed by atoms with E-state index < -0.39 is 0 Å². The molecule has 3 rings (SSSR count). The molecule has 0 saturated carbocycles. The molecule has 0 aliphatic heterocycles. The van der Waals surface area contributed by atoms with E-state index >= 15 is 0 Å². The number of benzene rings is 1. The van der Waals surface area contributed by atoms with Gasteiger partial charge in [-0.1, -0.05) is 17.7 Å². The molecule has 0 radical (unpaired) electrons. The second-order valence-corrected chi connectivity index (χ2v) is 6.30. The Balaban J connectivity index is 1.85. The zero-order chi connectivity index (χ0) is 19.4. The number of hydrogen-bond acceptors (Lipinski definition) is 4. The molecule has 1 amide bonds. The molecule has 1 aromatic carbocycles. The van der Waals surface area contributed by atoms with Gasteiger partial charge in [-0.15, -0.1) is 0 Å². The van der Waals surface area contributed by atoms with Crippen LogP contribution < -0.4 is 10.1 Å². The zero-order valence-corrected chi connectivity index (χ0v) is 15.6. The highest BCUT2D eigenvalue weighted by molar-refractivity contribution is 6.30. The first-order chi connectivity index (χ1) is 13.0. The highest BCUT2D eigenvalue weighted by Gasteiger charge is 2.21. The number of halogens is 1. The van der Waals surface area contributed by atoms with Crippen LogP contribution in [0.25, 0.3) is 5.82 Å². The monoisotopic (exact) mass is 380 g/mol. The first kappa shape index (κ1) is 18.5. The van der Waals surface area contributed by atoms with Gasteiger partial charge in [-0.25, -0.2) is 4.98 Å². The number of amides is 1. The molecule has 0 saturated heterocycles. The minimum atomic E-state index is -0.379. The van der Waals surface area contributed by atoms with Crippen molar-refractivity contribution in [1.29, 1.82) is 5.26 Å². The molecule has 0 atom stereocenters. The lowest BCUT2D eigenvalue weighted by Gasteiger charge is -2.12. The van der Waals surface area contributed by atoms with Crippen molar-refractivity contribution in [2.24, 2.45) is 0 Å². The first-order valence-corrected chi connectivity index (χ1v) is 8.60. The molecule has 2 aromatic heterocycles. The van der Waals surface area contributed by atoms with E-state index in [0.29, 0.717) is 28.0 Å². The molecule has 27 heavy (non-hydrogen) atoms. The maximum Gasteiger partial charge on any atom is 0.263 e. The minimum absolute atomic E-state index is 0.196. The molecule has 0 fully saturated rings. The fourth-order valence-corrected chi connectivity index (χ4v) is 2.81. The number of aromatic nitrogens is 2. The Morgan fingerprint density at radius 1 is 1.26 bits per heavy atom. The predicted molar refractivity (Wildman–Crippen MR) is 103 cm³/mol. The third-order valence-corrected chi connectivity index (χ3v) is 4.40. The van der Waals surface area contributed by atoms with Gasteiger partial charge in [-0.05, 0) is 55.8 Å². The summed E-state index contributed by atoms with van der Waals surface area (Å²) in [6.07, 6.45) is 1.66. The van der Waals surface area contributed by atoms with Crippen LogP contribution in [0.1, 0.15) is 16.8 Å². The second-order valence-electron chi connectivity index (χ2n) is 5.86. The number of carbonyl (C=O) groups excluding carboxylic acids is 1. The van der Waals surface area contributed by atoms with Crippen molar-refractivity contribution in [2.45, 2.75) is 13.8 Å². The summed E-state index contributed by atoms with van der Waals surface area (Å²) in [6, 6.07) is 14.4. The van der Waals surface area contributed by atoms with Gasteiger partial charge in [0.2, 0.25) is 0 Å². The van der Waals surface area contributed by atoms with Crippen molar-refractivity contribution in [3.05, 3.63) is 70.5 Å². The third kappa shape index (κ3) is 3.94. The van der Waals surface area contributed by atoms with Gasteiger partial charge in [0.15, 0.2) is 6.61 Å². The van der Waals surface area contributed by atoms with Gasteiger partial charge in [0.25, 0.3) is 5.91 Å². The van der Waals surface area contributed by atoms with Crippen molar-refractivity contribution in [3.8, 4) is 17.6 Å². The number of hydrogen-bond donors (Lipinski definition) is 1. The maximum atomic E-state index is 12.4. The Labute approximate surface area is 162 Å². The Morgan fingerprint density at radius 3 is 2.63 bits per heavy atom. The lowest BCUT2D eigenvalue weighted by molar-refractivity contribution is -0.118. The molecule has 0 unspecified atom stereocenters. The van der Waals surface area contributed by atoms with E-state index in [0.717, 1.165) is 11.3 Å². The Hall–Kier alpha value is -3.30. The summed E-state index contributed by atoms with van der Waals surface area (Å²) < 4.78 is 7.23. The molecule has 136 valence electrons. The van der Waals surface area contributed by atoms with Gasteiger partial charge in [-0.3, -0.25) is 9.36 Å². The van der Waals surface area contributed by atoms with E-state index in [1.165, 1.54) is 0 Å². The average Bonchev–Trinajstić information content (AvgIpc) is 2.91. The number of carbonyl (C=O) groups is 1. The number of nitrogens with one attached hydrogen (secondary N) is 1. The smallest absolute Gasteiger partial charge is 0.263 e. The molecular weight excluding hydrogens is 364 g/mol. The van der Waals surface area contributed by atoms with Crippen molar-refractivity contribution in [2.75, 3.05) is 11.9 Å². The van der Waals surface area contributed by atoms with E-state index in [1.54, 1.807) is 41.1 Å². The van der Waals surface area contributed by atoms with E-state index in [-0.39, 0.29) is 12.5 Å². The molecule has 7 heteroatoms. The highest BCUT2D eigenvalue weighted by Crippen LogP contribution is 2.29. The Kier molecular flexibility index (Phi) is 5.43. The van der Waals surface area contributed by atoms with Crippen molar-refractivity contribution >= 4 is 23.3 Å². The average molecular weight is 381 g/mol. The van der Waals surface area contributed by atoms with Crippen molar-refractivity contribution in [1.82, 2.24) is 9.55 Å². The highest BCUT2D eigenvalue weighted by atomic mass is 35.5. The molecule has 2 heterocycles. The standard InChI is InChI=1S/C20H17ClN4O2/c1-13-14(2)25(18-5-3-4-10-23-18)20(17(13)11-22)24-19(26)12-27-16-8-6-15(21)7-9-16/h3-10H,12H2,1-2H3,(H,24,26). The molecule has 3 aromatic rings. The number of nitrogens with zero attached hydrogens (tertiary/aromatic N) is 3. The van der Waals surface area contributed by atoms with E-state index in [4.69, 9.17) is 16.3 Å². The molecular formula is C20H17ClN4O2. The van der Waals surface area contributed by atoms with Gasteiger partial charge >= 0.3 is 0 Å². The summed E-state index contributed by atoms with van der Waals surface area (Å²) in [6.45, 7) is 3.52. The summed E-state index contributed by atoms with van der Waals surface area (Å²) in [5.41, 5.74) is 2.02. The van der Waals surface area contributed by atoms with Crippen LogP contribution in [0.5, 0.6) is 5.75 Å². The molecule has 0 aliphatic carbocycles. The molecule has 1 N–H and O–H groups in total. The van der Waals surface area contributed by atoms with Crippen LogP contribution in [0.2, 0.25) is 5.02 Å². The zero-order valence-electron chi connectivity index (χ0n) is 14.9. The first-order valence-electron chi connectivity index (χ1n) is 8.23. The van der Waals surface area contributed by atoms with Crippen LogP contribution >= 0.6 is 11.6 Å². The van der Waals surface area contributed by atoms with Gasteiger partial charge < -0.3 is 10.1 Å². The van der Waals surface area contributed by atoms with Crippen LogP contribution in [0.15, 0.2) is 48.7 Å². The number of rotatable bonds is 5. The number of nitriles is 1. The molecule has 0 bridgehead atoms. The van der Waals surface area contributed by atoms with Crippen LogP contribution in [0, 0.1) is 25.2 Å². The summed E-state index contributed by atoms with van der Waals surface area (Å²) in [4.78, 5) is 16.7. The van der Waals surface area contributed by atoms with E-state index in [1.807, 2.05) is 26.0 Å². The molecule has 0 aliphatic rings. The van der Waals surface area contributed by atoms with Crippen LogP contribution in [0.3, 0.4) is 0 Å². The van der Waals surface area contributed by atoms with Crippen LogP contribution in [-0.4, -0.2) is 22.1 Å². The topological polar surface area (TPSA) is 79.9 Å². The maximum absolute atomic E-state index is 12.4. The molecule has 6 nitrogen and oxygen atoms in total. The van der Waals surface area contributed by atoms with Crippen LogP contribution in [-0.2, 0) is 4.79 Å². The van der Waals surface area contributed by atoms with E-state index in [9.17, 15) is 10.1 Å². The molecule has 0 spiro atoms. The summed E-state index contributed by atoms with van der Waals surface area (Å²) >= 11 is 5.83. The summed E-state index contributed by atoms with van der Waals surface area (Å²) in [5.74, 6) is 1.16. The summed E-state index contributed by atoms with van der Waals surface area (Å²) in [7, 11) is 0. The number of anilines is 1. The van der Waals surface area contributed by atoms with Crippen LogP contribution in [0.4, 0.5) is 5.82 Å². The van der Waals surface area contributed by atoms with Gasteiger partial charge in [-0.2, -0.15) is 5.26 Å². The number of ether oxygens (including phenoxy) is 1. The van der Waals surface area contributed by atoms with Gasteiger partial charge in [0.05, 0.1) is 5.56 Å². The Morgan fingerprint density at radius 2 is 2.00 bits per heavy atom. The van der Waals surface area contributed by atoms with E-state index in [2.05, 4.69) is 16.4 Å². The normalized spacial score (nSPS) is 10.3. The quantitative estimate of drug-likeness (QED) is 0.724. The van der Waals surface area contributed by atoms with Gasteiger partial charge in [0.1, 0.15) is 23.5 Å². The Bertz CT molecular complexity index is 1010. The van der Waals surface area contributed by atoms with Crippen molar-refractivity contribution < 1.29 is 9.53 Å². The minimum Gasteiger partial charge on any atom is -0.484 e. The number of pyridine rings is 1. The third-order valence-electron chi connectivity index (χ3n) is 4.15. The largest absolute Gasteiger partial charge is 0.484 e. The van der Waals surface area contributed by atoms with Gasteiger partial charge in [0, 0.05) is 16.9 Å². The predicted octanol–water partition coefficient (Wildman–Crippen LogP) is 4.03. The lowest BCUT2D eigenvalue weighted by Crippen LogP contribution is -2.22. The second kappa shape index (κ2) is 7.94. The SMILES string of the molecule is Cc1c(C#N)c(NC(=O)COc2ccc(Cl)cc2)n(-c2ccccn2)c1C. The van der Waals surface area contributed by atoms with Crippen molar-refractivity contribution in [3.63, 3.8) is 0 Å². The summed E-state index contributed by atoms with van der Waals surface area (Å²) in [5, 5.41) is 12.9. The lowest BCUT2D eigenvalue weighted by atomic mass is 10.2. The fraction of sp³-hybridized carbons (Fsp3) is 0.150.